The molecule has 1 fully saturated rings. The Morgan fingerprint density at radius 1 is 1.22 bits per heavy atom. The van der Waals surface area contributed by atoms with Crippen LogP contribution >= 0.6 is 0 Å². The van der Waals surface area contributed by atoms with E-state index in [-0.39, 0.29) is 0 Å². The van der Waals surface area contributed by atoms with E-state index in [0.29, 0.717) is 6.54 Å². The van der Waals surface area contributed by atoms with Crippen LogP contribution in [0.2, 0.25) is 0 Å². The number of rotatable bonds is 2. The lowest BCUT2D eigenvalue weighted by atomic mass is 10.1. The van der Waals surface area contributed by atoms with E-state index in [4.69, 9.17) is 10.7 Å². The van der Waals surface area contributed by atoms with Crippen LogP contribution in [0, 0.1) is 0 Å². The summed E-state index contributed by atoms with van der Waals surface area (Å²) in [4.78, 5) is 7.11. The van der Waals surface area contributed by atoms with Crippen molar-refractivity contribution in [3.05, 3.63) is 35.9 Å². The highest BCUT2D eigenvalue weighted by Crippen LogP contribution is 2.23. The summed E-state index contributed by atoms with van der Waals surface area (Å²) < 4.78 is 0. The van der Waals surface area contributed by atoms with Gasteiger partial charge in [-0.1, -0.05) is 18.2 Å². The molecule has 0 bridgehead atoms. The van der Waals surface area contributed by atoms with Crippen molar-refractivity contribution in [1.82, 2.24) is 10.3 Å². The third-order valence-electron chi connectivity index (χ3n) is 3.42. The van der Waals surface area contributed by atoms with Crippen LogP contribution in [-0.4, -0.2) is 31.2 Å². The van der Waals surface area contributed by atoms with Crippen molar-refractivity contribution in [1.29, 1.82) is 0 Å². The molecule has 0 spiro atoms. The highest BCUT2D eigenvalue weighted by molar-refractivity contribution is 5.81. The molecule has 0 saturated carbocycles. The Labute approximate surface area is 107 Å². The maximum atomic E-state index is 5.87. The predicted molar refractivity (Wildman–Crippen MR) is 74.7 cm³/mol. The molecular weight excluding hydrogens is 224 g/mol. The summed E-state index contributed by atoms with van der Waals surface area (Å²) in [5.41, 5.74) is 8.05. The van der Waals surface area contributed by atoms with E-state index in [1.165, 1.54) is 0 Å². The molecule has 0 unspecified atom stereocenters. The summed E-state index contributed by atoms with van der Waals surface area (Å²) in [5, 5.41) is 4.52. The maximum Gasteiger partial charge on any atom is 0.133 e. The minimum Gasteiger partial charge on any atom is -0.354 e. The molecule has 0 aliphatic carbocycles. The maximum absolute atomic E-state index is 5.87. The Hall–Kier alpha value is -1.65. The number of nitrogens with zero attached hydrogens (tertiary/aromatic N) is 2. The lowest BCUT2D eigenvalue weighted by molar-refractivity contribution is 0.584. The molecule has 1 aliphatic rings. The number of aromatic nitrogens is 1. The van der Waals surface area contributed by atoms with Gasteiger partial charge in [-0.3, -0.25) is 0 Å². The predicted octanol–water partition coefficient (Wildman–Crippen LogP) is 1.10. The standard InChI is InChI=1S/C14H18N4/c15-10-12-9-11-3-1-2-4-13(11)17-14(12)18-7-5-16-6-8-18/h1-4,9,16H,5-8,10,15H2. The molecule has 4 heteroatoms. The molecular formula is C14H18N4. The van der Waals surface area contributed by atoms with E-state index >= 15 is 0 Å². The van der Waals surface area contributed by atoms with Gasteiger partial charge in [-0.15, -0.1) is 0 Å². The zero-order valence-electron chi connectivity index (χ0n) is 10.4. The molecule has 0 radical (unpaired) electrons. The van der Waals surface area contributed by atoms with Gasteiger partial charge in [0.25, 0.3) is 0 Å². The Kier molecular flexibility index (Phi) is 3.13. The molecule has 0 amide bonds. The van der Waals surface area contributed by atoms with Crippen molar-refractivity contribution in [3.63, 3.8) is 0 Å². The third-order valence-corrected chi connectivity index (χ3v) is 3.42. The Balaban J connectivity index is 2.08. The topological polar surface area (TPSA) is 54.2 Å². The van der Waals surface area contributed by atoms with Crippen molar-refractivity contribution in [2.45, 2.75) is 6.54 Å². The third kappa shape index (κ3) is 2.05. The summed E-state index contributed by atoms with van der Waals surface area (Å²) >= 11 is 0. The largest absolute Gasteiger partial charge is 0.354 e. The van der Waals surface area contributed by atoms with Gasteiger partial charge in [-0.25, -0.2) is 4.98 Å². The second-order valence-corrected chi connectivity index (χ2v) is 4.60. The molecule has 3 N–H and O–H groups in total. The first-order valence-corrected chi connectivity index (χ1v) is 6.43. The van der Waals surface area contributed by atoms with Crippen LogP contribution in [0.4, 0.5) is 5.82 Å². The number of anilines is 1. The van der Waals surface area contributed by atoms with Gasteiger partial charge in [0, 0.05) is 43.7 Å². The Morgan fingerprint density at radius 3 is 2.78 bits per heavy atom. The SMILES string of the molecule is NCc1cc2ccccc2nc1N1CCNCC1. The first-order valence-electron chi connectivity index (χ1n) is 6.43. The summed E-state index contributed by atoms with van der Waals surface area (Å²) in [6, 6.07) is 10.4. The number of benzene rings is 1. The highest BCUT2D eigenvalue weighted by atomic mass is 15.2. The summed E-state index contributed by atoms with van der Waals surface area (Å²) in [5.74, 6) is 1.05. The molecule has 2 heterocycles. The van der Waals surface area contributed by atoms with Crippen molar-refractivity contribution in [2.75, 3.05) is 31.1 Å². The van der Waals surface area contributed by atoms with E-state index in [1.54, 1.807) is 0 Å². The van der Waals surface area contributed by atoms with Crippen molar-refractivity contribution < 1.29 is 0 Å². The molecule has 18 heavy (non-hydrogen) atoms. The molecule has 1 aromatic carbocycles. The smallest absolute Gasteiger partial charge is 0.133 e. The molecule has 3 rings (SSSR count). The second-order valence-electron chi connectivity index (χ2n) is 4.60. The van der Waals surface area contributed by atoms with Crippen LogP contribution in [0.15, 0.2) is 30.3 Å². The van der Waals surface area contributed by atoms with Gasteiger partial charge in [0.2, 0.25) is 0 Å². The molecule has 4 nitrogen and oxygen atoms in total. The number of pyridine rings is 1. The minimum absolute atomic E-state index is 0.539. The van der Waals surface area contributed by atoms with Crippen LogP contribution in [-0.2, 0) is 6.54 Å². The summed E-state index contributed by atoms with van der Waals surface area (Å²) in [7, 11) is 0. The van der Waals surface area contributed by atoms with Crippen LogP contribution in [0.25, 0.3) is 10.9 Å². The number of fused-ring (bicyclic) bond motifs is 1. The first kappa shape index (κ1) is 11.4. The van der Waals surface area contributed by atoms with E-state index in [9.17, 15) is 0 Å². The lowest BCUT2D eigenvalue weighted by Crippen LogP contribution is -2.44. The fraction of sp³-hybridized carbons (Fsp3) is 0.357. The van der Waals surface area contributed by atoms with E-state index in [2.05, 4.69) is 28.4 Å². The van der Waals surface area contributed by atoms with E-state index in [0.717, 1.165) is 48.5 Å². The van der Waals surface area contributed by atoms with Gasteiger partial charge in [-0.2, -0.15) is 0 Å². The average molecular weight is 242 g/mol. The van der Waals surface area contributed by atoms with Gasteiger partial charge in [0.1, 0.15) is 5.82 Å². The number of nitrogens with one attached hydrogen (secondary N) is 1. The quantitative estimate of drug-likeness (QED) is 0.828. The number of para-hydroxylation sites is 1. The van der Waals surface area contributed by atoms with Crippen molar-refractivity contribution >= 4 is 16.7 Å². The van der Waals surface area contributed by atoms with Gasteiger partial charge in [0.15, 0.2) is 0 Å². The molecule has 0 atom stereocenters. The van der Waals surface area contributed by atoms with Crippen LogP contribution in [0.5, 0.6) is 0 Å². The molecule has 1 aromatic heterocycles. The molecule has 1 saturated heterocycles. The van der Waals surface area contributed by atoms with Crippen LogP contribution < -0.4 is 16.0 Å². The van der Waals surface area contributed by atoms with E-state index in [1.807, 2.05) is 12.1 Å². The molecule has 94 valence electrons. The van der Waals surface area contributed by atoms with Gasteiger partial charge in [0.05, 0.1) is 5.52 Å². The van der Waals surface area contributed by atoms with Gasteiger partial charge < -0.3 is 16.0 Å². The Bertz CT molecular complexity index is 546. The highest BCUT2D eigenvalue weighted by Gasteiger charge is 2.15. The number of hydrogen-bond donors (Lipinski definition) is 2. The zero-order chi connectivity index (χ0) is 12.4. The second kappa shape index (κ2) is 4.92. The van der Waals surface area contributed by atoms with Gasteiger partial charge >= 0.3 is 0 Å². The van der Waals surface area contributed by atoms with Crippen LogP contribution in [0.1, 0.15) is 5.56 Å². The fourth-order valence-electron chi connectivity index (χ4n) is 2.45. The molecule has 1 aliphatic heterocycles. The lowest BCUT2D eigenvalue weighted by Gasteiger charge is -2.30. The van der Waals surface area contributed by atoms with E-state index < -0.39 is 0 Å². The average Bonchev–Trinajstić information content (AvgIpc) is 2.46. The normalized spacial score (nSPS) is 16.2. The molecule has 2 aromatic rings. The Morgan fingerprint density at radius 2 is 2.00 bits per heavy atom. The van der Waals surface area contributed by atoms with Crippen LogP contribution in [0.3, 0.4) is 0 Å². The number of nitrogens with two attached hydrogens (primary N) is 1. The number of piperazine rings is 1. The van der Waals surface area contributed by atoms with Crippen molar-refractivity contribution in [2.24, 2.45) is 5.73 Å². The van der Waals surface area contributed by atoms with Gasteiger partial charge in [-0.05, 0) is 12.1 Å². The first-order chi connectivity index (χ1) is 8.88. The zero-order valence-corrected chi connectivity index (χ0v) is 10.4. The number of hydrogen-bond acceptors (Lipinski definition) is 4. The van der Waals surface area contributed by atoms with Crippen molar-refractivity contribution in [3.8, 4) is 0 Å². The summed E-state index contributed by atoms with van der Waals surface area (Å²) in [6.45, 7) is 4.56. The minimum atomic E-state index is 0.539. The fourth-order valence-corrected chi connectivity index (χ4v) is 2.45. The summed E-state index contributed by atoms with van der Waals surface area (Å²) in [6.07, 6.45) is 0. The monoisotopic (exact) mass is 242 g/mol.